The van der Waals surface area contributed by atoms with Gasteiger partial charge in [-0.3, -0.25) is 4.98 Å². The molecule has 9 heavy (non-hydrogen) atoms. The summed E-state index contributed by atoms with van der Waals surface area (Å²) in [7, 11) is 0. The number of hydrogen-bond donors (Lipinski definition) is 0. The van der Waals surface area contributed by atoms with Crippen molar-refractivity contribution in [1.82, 2.24) is 4.98 Å². The molecule has 1 aromatic heterocycles. The fourth-order valence-corrected chi connectivity index (χ4v) is 0.706. The minimum Gasteiger partial charge on any atom is -0.264 e. The molecule has 0 aliphatic rings. The van der Waals surface area contributed by atoms with E-state index in [2.05, 4.69) is 11.1 Å². The summed E-state index contributed by atoms with van der Waals surface area (Å²) in [6, 6.07) is 2.10. The van der Waals surface area contributed by atoms with Gasteiger partial charge in [0.2, 0.25) is 0 Å². The molecule has 1 aromatic rings. The second-order valence-electron chi connectivity index (χ2n) is 2.04. The Morgan fingerprint density at radius 3 is 1.78 bits per heavy atom. The van der Waals surface area contributed by atoms with Crippen molar-refractivity contribution in [3.63, 3.8) is 0 Å². The summed E-state index contributed by atoms with van der Waals surface area (Å²) in [6.45, 7) is 4.08. The van der Waals surface area contributed by atoms with Crippen molar-refractivity contribution in [2.24, 2.45) is 0 Å². The summed E-state index contributed by atoms with van der Waals surface area (Å²) in [5, 5.41) is 0. The summed E-state index contributed by atoms with van der Waals surface area (Å²) >= 11 is 0. The maximum atomic E-state index is 3.98. The number of aromatic nitrogens is 1. The van der Waals surface area contributed by atoms with E-state index in [1.165, 1.54) is 11.1 Å². The summed E-state index contributed by atoms with van der Waals surface area (Å²) in [5.41, 5.74) is 2.45. The number of nitrogens with zero attached hydrogens (tertiary/aromatic N) is 1. The molecule has 0 unspecified atom stereocenters. The van der Waals surface area contributed by atoms with E-state index < -0.39 is 0 Å². The Labute approximate surface area is 69.2 Å². The molecule has 0 amide bonds. The molecule has 1 heterocycles. The Kier molecular flexibility index (Phi) is 3.69. The Balaban J connectivity index is 0.000000640. The molecule has 0 N–H and O–H groups in total. The zero-order valence-corrected chi connectivity index (χ0v) is 8.27. The van der Waals surface area contributed by atoms with Gasteiger partial charge in [0.15, 0.2) is 0 Å². The van der Waals surface area contributed by atoms with Gasteiger partial charge in [-0.25, -0.2) is 0 Å². The SMILES string of the molecule is Cc1cncc(C)c1.[Re]. The third-order valence-electron chi connectivity index (χ3n) is 1.01. The van der Waals surface area contributed by atoms with Crippen LogP contribution in [0.3, 0.4) is 0 Å². The minimum absolute atomic E-state index is 0. The number of pyridine rings is 1. The predicted molar refractivity (Wildman–Crippen MR) is 33.7 cm³/mol. The Morgan fingerprint density at radius 1 is 1.11 bits per heavy atom. The van der Waals surface area contributed by atoms with Crippen molar-refractivity contribution in [3.8, 4) is 0 Å². The van der Waals surface area contributed by atoms with E-state index in [-0.39, 0.29) is 20.4 Å². The molecular formula is C7H9NRe. The van der Waals surface area contributed by atoms with Gasteiger partial charge < -0.3 is 0 Å². The molecular weight excluding hydrogens is 284 g/mol. The van der Waals surface area contributed by atoms with Gasteiger partial charge in [-0.2, -0.15) is 0 Å². The molecule has 0 bridgehead atoms. The Hall–Kier alpha value is -0.188. The normalized spacial score (nSPS) is 8.22. The standard InChI is InChI=1S/C7H9N.Re/c1-6-3-7(2)5-8-4-6;/h3-5H,1-2H3;. The topological polar surface area (TPSA) is 12.9 Å². The third-order valence-corrected chi connectivity index (χ3v) is 1.01. The first-order chi connectivity index (χ1) is 3.79. The van der Waals surface area contributed by atoms with Gasteiger partial charge in [0.25, 0.3) is 0 Å². The fraction of sp³-hybridized carbons (Fsp3) is 0.286. The summed E-state index contributed by atoms with van der Waals surface area (Å²) in [6.07, 6.45) is 3.71. The zero-order valence-electron chi connectivity index (χ0n) is 5.56. The van der Waals surface area contributed by atoms with Crippen LogP contribution in [0, 0.1) is 13.8 Å². The summed E-state index contributed by atoms with van der Waals surface area (Å²) in [4.78, 5) is 3.98. The summed E-state index contributed by atoms with van der Waals surface area (Å²) in [5.74, 6) is 0. The van der Waals surface area contributed by atoms with Crippen LogP contribution in [0.4, 0.5) is 0 Å². The predicted octanol–water partition coefficient (Wildman–Crippen LogP) is 1.70. The molecule has 0 saturated carbocycles. The molecule has 2 heteroatoms. The first-order valence-corrected chi connectivity index (χ1v) is 2.67. The second kappa shape index (κ2) is 3.77. The van der Waals surface area contributed by atoms with E-state index in [9.17, 15) is 0 Å². The van der Waals surface area contributed by atoms with Gasteiger partial charge in [0.1, 0.15) is 0 Å². The molecule has 0 saturated heterocycles. The van der Waals surface area contributed by atoms with Crippen LogP contribution < -0.4 is 0 Å². The van der Waals surface area contributed by atoms with Gasteiger partial charge >= 0.3 is 0 Å². The third kappa shape index (κ3) is 2.74. The van der Waals surface area contributed by atoms with E-state index in [4.69, 9.17) is 0 Å². The van der Waals surface area contributed by atoms with Crippen LogP contribution >= 0.6 is 0 Å². The molecule has 1 rings (SSSR count). The van der Waals surface area contributed by atoms with Gasteiger partial charge in [-0.15, -0.1) is 0 Å². The van der Waals surface area contributed by atoms with Gasteiger partial charge in [0.05, 0.1) is 0 Å². The van der Waals surface area contributed by atoms with Crippen molar-refractivity contribution < 1.29 is 20.4 Å². The summed E-state index contributed by atoms with van der Waals surface area (Å²) < 4.78 is 0. The van der Waals surface area contributed by atoms with Crippen LogP contribution in [-0.2, 0) is 20.4 Å². The average molecular weight is 293 g/mol. The van der Waals surface area contributed by atoms with Crippen LogP contribution in [0.15, 0.2) is 18.5 Å². The molecule has 49 valence electrons. The van der Waals surface area contributed by atoms with Gasteiger partial charge in [0, 0.05) is 32.8 Å². The maximum absolute atomic E-state index is 3.98. The first kappa shape index (κ1) is 8.81. The van der Waals surface area contributed by atoms with Crippen LogP contribution in [-0.4, -0.2) is 4.98 Å². The largest absolute Gasteiger partial charge is 0.264 e. The quantitative estimate of drug-likeness (QED) is 0.709. The number of aryl methyl sites for hydroxylation is 2. The van der Waals surface area contributed by atoms with Crippen molar-refractivity contribution in [1.29, 1.82) is 0 Å². The molecule has 0 spiro atoms. The number of rotatable bonds is 0. The van der Waals surface area contributed by atoms with Gasteiger partial charge in [-0.05, 0) is 25.0 Å². The molecule has 0 aliphatic carbocycles. The Morgan fingerprint density at radius 2 is 1.56 bits per heavy atom. The minimum atomic E-state index is 0. The molecule has 1 nitrogen and oxygen atoms in total. The van der Waals surface area contributed by atoms with E-state index in [1.807, 2.05) is 26.2 Å². The molecule has 0 aromatic carbocycles. The molecule has 1 radical (unpaired) electrons. The number of hydrogen-bond acceptors (Lipinski definition) is 1. The van der Waals surface area contributed by atoms with E-state index in [0.29, 0.717) is 0 Å². The van der Waals surface area contributed by atoms with E-state index in [0.717, 1.165) is 0 Å². The van der Waals surface area contributed by atoms with Crippen molar-refractivity contribution in [3.05, 3.63) is 29.6 Å². The monoisotopic (exact) mass is 294 g/mol. The first-order valence-electron chi connectivity index (χ1n) is 2.67. The molecule has 0 aliphatic heterocycles. The van der Waals surface area contributed by atoms with Crippen LogP contribution in [0.5, 0.6) is 0 Å². The molecule has 0 atom stereocenters. The van der Waals surface area contributed by atoms with Crippen LogP contribution in [0.25, 0.3) is 0 Å². The van der Waals surface area contributed by atoms with Crippen LogP contribution in [0.1, 0.15) is 11.1 Å². The van der Waals surface area contributed by atoms with Crippen LogP contribution in [0.2, 0.25) is 0 Å². The Bertz CT molecular complexity index is 169. The van der Waals surface area contributed by atoms with E-state index in [1.54, 1.807) is 0 Å². The van der Waals surface area contributed by atoms with E-state index >= 15 is 0 Å². The van der Waals surface area contributed by atoms with Crippen molar-refractivity contribution in [2.75, 3.05) is 0 Å². The smallest absolute Gasteiger partial charge is 0.0297 e. The maximum Gasteiger partial charge on any atom is 0.0297 e. The zero-order chi connectivity index (χ0) is 5.98. The molecule has 0 fully saturated rings. The average Bonchev–Trinajstić information content (AvgIpc) is 1.64. The van der Waals surface area contributed by atoms with Gasteiger partial charge in [-0.1, -0.05) is 6.07 Å². The van der Waals surface area contributed by atoms with Crippen molar-refractivity contribution >= 4 is 0 Å². The fourth-order valence-electron chi connectivity index (χ4n) is 0.706. The van der Waals surface area contributed by atoms with Crippen molar-refractivity contribution in [2.45, 2.75) is 13.8 Å². The second-order valence-corrected chi connectivity index (χ2v) is 2.04.